The summed E-state index contributed by atoms with van der Waals surface area (Å²) in [5.74, 6) is 0.814. The summed E-state index contributed by atoms with van der Waals surface area (Å²) in [5.41, 5.74) is 0. The molecule has 0 N–H and O–H groups in total. The molecule has 0 saturated heterocycles. The van der Waals surface area contributed by atoms with Crippen LogP contribution in [-0.4, -0.2) is 37.2 Å². The Hall–Kier alpha value is 0.270. The van der Waals surface area contributed by atoms with Gasteiger partial charge in [0.15, 0.2) is 0 Å². The fourth-order valence-electron chi connectivity index (χ4n) is 2.03. The second kappa shape index (κ2) is 8.37. The third-order valence-electron chi connectivity index (χ3n) is 3.47. The third kappa shape index (κ3) is 5.55. The van der Waals surface area contributed by atoms with Gasteiger partial charge < -0.3 is 9.64 Å². The lowest BCUT2D eigenvalue weighted by atomic mass is 9.88. The molecule has 0 amide bonds. The summed E-state index contributed by atoms with van der Waals surface area (Å²) in [6, 6.07) is 0.782. The minimum absolute atomic E-state index is 0. The highest BCUT2D eigenvalue weighted by atomic mass is 32.1. The molecule has 16 heavy (non-hydrogen) atoms. The lowest BCUT2D eigenvalue weighted by molar-refractivity contribution is -0.0455. The molecule has 1 aliphatic rings. The van der Waals surface area contributed by atoms with Crippen molar-refractivity contribution in [2.24, 2.45) is 5.92 Å². The maximum atomic E-state index is 5.83. The number of ether oxygens (including phenoxy) is 1. The number of rotatable bonds is 7. The first-order valence-electron chi connectivity index (χ1n) is 6.45. The van der Waals surface area contributed by atoms with Gasteiger partial charge in [0.2, 0.25) is 0 Å². The molecule has 0 spiro atoms. The molecule has 0 atom stereocenters. The Kier molecular flexibility index (Phi) is 8.52. The van der Waals surface area contributed by atoms with E-state index in [-0.39, 0.29) is 13.5 Å². The van der Waals surface area contributed by atoms with Crippen molar-refractivity contribution in [3.63, 3.8) is 0 Å². The molecule has 1 rings (SSSR count). The van der Waals surface area contributed by atoms with Gasteiger partial charge in [-0.05, 0) is 45.2 Å². The van der Waals surface area contributed by atoms with Crippen molar-refractivity contribution < 1.29 is 4.74 Å². The summed E-state index contributed by atoms with van der Waals surface area (Å²) in [4.78, 5) is 2.42. The Morgan fingerprint density at radius 3 is 2.44 bits per heavy atom. The van der Waals surface area contributed by atoms with Gasteiger partial charge in [-0.25, -0.2) is 0 Å². The predicted molar refractivity (Wildman–Crippen MR) is 75.5 cm³/mol. The highest BCUT2D eigenvalue weighted by Gasteiger charge is 2.31. The van der Waals surface area contributed by atoms with E-state index in [4.69, 9.17) is 4.74 Å². The van der Waals surface area contributed by atoms with Crippen LogP contribution in [0.25, 0.3) is 0 Å². The van der Waals surface area contributed by atoms with Crippen molar-refractivity contribution >= 4 is 13.5 Å². The zero-order chi connectivity index (χ0) is 11.3. The Labute approximate surface area is 108 Å². The summed E-state index contributed by atoms with van der Waals surface area (Å²) in [7, 11) is 2.21. The van der Waals surface area contributed by atoms with Crippen molar-refractivity contribution in [1.29, 1.82) is 0 Å². The third-order valence-corrected chi connectivity index (χ3v) is 3.47. The molecule has 98 valence electrons. The van der Waals surface area contributed by atoms with Gasteiger partial charge in [-0.3, -0.25) is 0 Å². The van der Waals surface area contributed by atoms with E-state index < -0.39 is 0 Å². The first-order chi connectivity index (χ1) is 7.13. The van der Waals surface area contributed by atoms with E-state index in [2.05, 4.69) is 32.7 Å². The molecule has 2 nitrogen and oxygen atoms in total. The van der Waals surface area contributed by atoms with Gasteiger partial charge in [0, 0.05) is 12.6 Å². The summed E-state index contributed by atoms with van der Waals surface area (Å²) in [5, 5.41) is 0. The molecule has 1 aliphatic carbocycles. The van der Waals surface area contributed by atoms with Gasteiger partial charge in [-0.2, -0.15) is 13.5 Å². The van der Waals surface area contributed by atoms with Crippen LogP contribution in [0.2, 0.25) is 0 Å². The van der Waals surface area contributed by atoms with E-state index in [0.717, 1.165) is 25.1 Å². The molecule has 0 heterocycles. The first-order valence-corrected chi connectivity index (χ1v) is 6.45. The van der Waals surface area contributed by atoms with E-state index >= 15 is 0 Å². The topological polar surface area (TPSA) is 12.5 Å². The maximum absolute atomic E-state index is 5.83. The molecule has 0 bridgehead atoms. The Balaban J connectivity index is 0.00000225. The van der Waals surface area contributed by atoms with E-state index in [0.29, 0.717) is 6.10 Å². The SMILES string of the molecule is CCN(C)C1CC(OCCCC(C)C)C1.S. The van der Waals surface area contributed by atoms with Crippen molar-refractivity contribution in [2.75, 3.05) is 20.2 Å². The van der Waals surface area contributed by atoms with Gasteiger partial charge in [0.25, 0.3) is 0 Å². The number of nitrogens with zero attached hydrogens (tertiary/aromatic N) is 1. The number of hydrogen-bond acceptors (Lipinski definition) is 2. The molecule has 0 aromatic rings. The molecule has 0 radical (unpaired) electrons. The van der Waals surface area contributed by atoms with Crippen LogP contribution in [0, 0.1) is 5.92 Å². The highest BCUT2D eigenvalue weighted by molar-refractivity contribution is 7.59. The minimum atomic E-state index is 0. The fraction of sp³-hybridized carbons (Fsp3) is 1.00. The van der Waals surface area contributed by atoms with Crippen molar-refractivity contribution in [1.82, 2.24) is 4.90 Å². The zero-order valence-corrected chi connectivity index (χ0v) is 12.3. The van der Waals surface area contributed by atoms with Gasteiger partial charge in [0.1, 0.15) is 0 Å². The van der Waals surface area contributed by atoms with E-state index in [1.54, 1.807) is 0 Å². The largest absolute Gasteiger partial charge is 0.378 e. The molecule has 1 fully saturated rings. The Bertz CT molecular complexity index is 169. The van der Waals surface area contributed by atoms with Crippen molar-refractivity contribution in [3.05, 3.63) is 0 Å². The molecule has 1 saturated carbocycles. The molecular formula is C13H29NOS. The van der Waals surface area contributed by atoms with Crippen LogP contribution >= 0.6 is 13.5 Å². The van der Waals surface area contributed by atoms with E-state index in [9.17, 15) is 0 Å². The molecule has 0 unspecified atom stereocenters. The monoisotopic (exact) mass is 247 g/mol. The summed E-state index contributed by atoms with van der Waals surface area (Å²) >= 11 is 0. The zero-order valence-electron chi connectivity index (χ0n) is 11.3. The van der Waals surface area contributed by atoms with Gasteiger partial charge >= 0.3 is 0 Å². The van der Waals surface area contributed by atoms with Gasteiger partial charge in [-0.1, -0.05) is 20.8 Å². The standard InChI is InChI=1S/C13H27NO.H2S/c1-5-14(4)12-9-13(10-12)15-8-6-7-11(2)3;/h11-13H,5-10H2,1-4H3;1H2. The van der Waals surface area contributed by atoms with Crippen molar-refractivity contribution in [3.8, 4) is 0 Å². The quantitative estimate of drug-likeness (QED) is 0.641. The molecule has 0 aromatic carbocycles. The highest BCUT2D eigenvalue weighted by Crippen LogP contribution is 2.27. The normalized spacial score (nSPS) is 24.4. The number of hydrogen-bond donors (Lipinski definition) is 0. The summed E-state index contributed by atoms with van der Waals surface area (Å²) < 4.78 is 5.83. The lowest BCUT2D eigenvalue weighted by Gasteiger charge is -2.40. The molecular weight excluding hydrogens is 218 g/mol. The average molecular weight is 247 g/mol. The van der Waals surface area contributed by atoms with Gasteiger partial charge in [-0.15, -0.1) is 0 Å². The van der Waals surface area contributed by atoms with Crippen LogP contribution in [-0.2, 0) is 4.74 Å². The predicted octanol–water partition coefficient (Wildman–Crippen LogP) is 3.03. The van der Waals surface area contributed by atoms with E-state index in [1.165, 1.54) is 25.7 Å². The van der Waals surface area contributed by atoms with Crippen LogP contribution in [0.5, 0.6) is 0 Å². The summed E-state index contributed by atoms with van der Waals surface area (Å²) in [6.45, 7) is 8.89. The minimum Gasteiger partial charge on any atom is -0.378 e. The lowest BCUT2D eigenvalue weighted by Crippen LogP contribution is -2.46. The van der Waals surface area contributed by atoms with Crippen LogP contribution in [0.1, 0.15) is 46.5 Å². The Morgan fingerprint density at radius 1 is 1.31 bits per heavy atom. The molecule has 3 heteroatoms. The average Bonchev–Trinajstić information content (AvgIpc) is 2.13. The van der Waals surface area contributed by atoms with Crippen LogP contribution < -0.4 is 0 Å². The van der Waals surface area contributed by atoms with Crippen LogP contribution in [0.4, 0.5) is 0 Å². The maximum Gasteiger partial charge on any atom is 0.0605 e. The van der Waals surface area contributed by atoms with Crippen molar-refractivity contribution in [2.45, 2.75) is 58.6 Å². The van der Waals surface area contributed by atoms with E-state index in [1.807, 2.05) is 0 Å². The smallest absolute Gasteiger partial charge is 0.0605 e. The molecule has 0 aromatic heterocycles. The second-order valence-corrected chi connectivity index (χ2v) is 5.23. The first kappa shape index (κ1) is 16.3. The van der Waals surface area contributed by atoms with Gasteiger partial charge in [0.05, 0.1) is 6.10 Å². The molecule has 0 aliphatic heterocycles. The Morgan fingerprint density at radius 2 is 1.94 bits per heavy atom. The second-order valence-electron chi connectivity index (χ2n) is 5.23. The fourth-order valence-corrected chi connectivity index (χ4v) is 2.03. The van der Waals surface area contributed by atoms with Crippen LogP contribution in [0.3, 0.4) is 0 Å². The summed E-state index contributed by atoms with van der Waals surface area (Å²) in [6.07, 6.45) is 5.56. The van der Waals surface area contributed by atoms with Crippen LogP contribution in [0.15, 0.2) is 0 Å².